The lowest BCUT2D eigenvalue weighted by atomic mass is 10.2. The Morgan fingerprint density at radius 2 is 1.89 bits per heavy atom. The Bertz CT molecular complexity index is 390. The van der Waals surface area contributed by atoms with Gasteiger partial charge >= 0.3 is 0 Å². The highest BCUT2D eigenvalue weighted by Gasteiger charge is 2.10. The number of nitrogens with zero attached hydrogens (tertiary/aromatic N) is 1. The van der Waals surface area contributed by atoms with Crippen molar-refractivity contribution in [3.63, 3.8) is 0 Å². The fourth-order valence-electron chi connectivity index (χ4n) is 2.07. The monoisotopic (exact) mass is 262 g/mol. The minimum atomic E-state index is 0.0823. The van der Waals surface area contributed by atoms with Gasteiger partial charge in [-0.2, -0.15) is 0 Å². The molecule has 3 heteroatoms. The molecule has 1 N–H and O–H groups in total. The van der Waals surface area contributed by atoms with Crippen LogP contribution in [0.25, 0.3) is 0 Å². The van der Waals surface area contributed by atoms with E-state index in [1.807, 2.05) is 31.2 Å². The third kappa shape index (κ3) is 5.88. The van der Waals surface area contributed by atoms with Gasteiger partial charge < -0.3 is 5.32 Å². The lowest BCUT2D eigenvalue weighted by Gasteiger charge is -2.21. The van der Waals surface area contributed by atoms with E-state index in [2.05, 4.69) is 24.1 Å². The van der Waals surface area contributed by atoms with Gasteiger partial charge in [-0.25, -0.2) is 0 Å². The van der Waals surface area contributed by atoms with Crippen molar-refractivity contribution in [3.8, 4) is 0 Å². The van der Waals surface area contributed by atoms with Gasteiger partial charge in [0.2, 0.25) is 5.91 Å². The molecule has 1 aromatic carbocycles. The normalized spacial score (nSPS) is 10.7. The van der Waals surface area contributed by atoms with Crippen LogP contribution in [-0.4, -0.2) is 30.4 Å². The van der Waals surface area contributed by atoms with Crippen LogP contribution in [0.2, 0.25) is 0 Å². The highest BCUT2D eigenvalue weighted by Crippen LogP contribution is 2.13. The molecule has 0 aliphatic heterocycles. The summed E-state index contributed by atoms with van der Waals surface area (Å²) in [5.74, 6) is 0.0823. The number of benzene rings is 1. The van der Waals surface area contributed by atoms with E-state index in [0.717, 1.165) is 37.2 Å². The van der Waals surface area contributed by atoms with Crippen molar-refractivity contribution in [2.45, 2.75) is 40.0 Å². The first-order valence-electron chi connectivity index (χ1n) is 7.25. The fourth-order valence-corrected chi connectivity index (χ4v) is 2.07. The number of hydrogen-bond donors (Lipinski definition) is 1. The summed E-state index contributed by atoms with van der Waals surface area (Å²) >= 11 is 0. The van der Waals surface area contributed by atoms with E-state index in [1.165, 1.54) is 6.42 Å². The number of unbranched alkanes of at least 4 members (excludes halogenated alkanes) is 1. The van der Waals surface area contributed by atoms with Crippen LogP contribution in [0, 0.1) is 6.92 Å². The van der Waals surface area contributed by atoms with Crippen molar-refractivity contribution in [1.29, 1.82) is 0 Å². The van der Waals surface area contributed by atoms with Gasteiger partial charge in [-0.05, 0) is 44.5 Å². The highest BCUT2D eigenvalue weighted by molar-refractivity contribution is 5.92. The lowest BCUT2D eigenvalue weighted by molar-refractivity contribution is -0.117. The van der Waals surface area contributed by atoms with Crippen LogP contribution in [0.4, 0.5) is 5.69 Å². The smallest absolute Gasteiger partial charge is 0.238 e. The molecule has 1 amide bonds. The first kappa shape index (κ1) is 15.7. The summed E-state index contributed by atoms with van der Waals surface area (Å²) in [7, 11) is 0. The van der Waals surface area contributed by atoms with Gasteiger partial charge in [0.15, 0.2) is 0 Å². The molecule has 0 atom stereocenters. The zero-order valence-electron chi connectivity index (χ0n) is 12.4. The number of carbonyl (C=O) groups is 1. The molecule has 0 unspecified atom stereocenters. The Balaban J connectivity index is 2.50. The third-order valence-electron chi connectivity index (χ3n) is 3.15. The Morgan fingerprint density at radius 3 is 2.53 bits per heavy atom. The van der Waals surface area contributed by atoms with Crippen molar-refractivity contribution < 1.29 is 4.79 Å². The Morgan fingerprint density at radius 1 is 1.16 bits per heavy atom. The second-order valence-electron chi connectivity index (χ2n) is 4.99. The molecule has 0 aromatic heterocycles. The Kier molecular flexibility index (Phi) is 7.19. The van der Waals surface area contributed by atoms with Gasteiger partial charge in [0.05, 0.1) is 6.54 Å². The molecular formula is C16H26N2O. The van der Waals surface area contributed by atoms with Crippen molar-refractivity contribution in [2.24, 2.45) is 0 Å². The van der Waals surface area contributed by atoms with Gasteiger partial charge in [0.1, 0.15) is 0 Å². The SMILES string of the molecule is CCCCN(CCC)CC(=O)Nc1ccccc1C. The summed E-state index contributed by atoms with van der Waals surface area (Å²) in [4.78, 5) is 14.3. The van der Waals surface area contributed by atoms with E-state index in [9.17, 15) is 4.79 Å². The molecule has 0 fully saturated rings. The number of carbonyl (C=O) groups excluding carboxylic acids is 1. The molecule has 3 nitrogen and oxygen atoms in total. The van der Waals surface area contributed by atoms with Crippen LogP contribution in [0.1, 0.15) is 38.7 Å². The van der Waals surface area contributed by atoms with E-state index < -0.39 is 0 Å². The van der Waals surface area contributed by atoms with E-state index in [4.69, 9.17) is 0 Å². The topological polar surface area (TPSA) is 32.3 Å². The maximum atomic E-state index is 12.1. The minimum Gasteiger partial charge on any atom is -0.325 e. The van der Waals surface area contributed by atoms with Crippen LogP contribution in [0.5, 0.6) is 0 Å². The number of rotatable bonds is 8. The summed E-state index contributed by atoms with van der Waals surface area (Å²) in [5.41, 5.74) is 2.02. The molecule has 0 heterocycles. The predicted molar refractivity (Wildman–Crippen MR) is 81.4 cm³/mol. The van der Waals surface area contributed by atoms with Crippen molar-refractivity contribution in [3.05, 3.63) is 29.8 Å². The molecule has 0 spiro atoms. The second kappa shape index (κ2) is 8.70. The maximum absolute atomic E-state index is 12.1. The fraction of sp³-hybridized carbons (Fsp3) is 0.562. The molecule has 19 heavy (non-hydrogen) atoms. The number of anilines is 1. The Labute approximate surface area is 117 Å². The molecule has 1 rings (SSSR count). The van der Waals surface area contributed by atoms with Gasteiger partial charge in [-0.3, -0.25) is 9.69 Å². The first-order chi connectivity index (χ1) is 9.17. The molecule has 0 radical (unpaired) electrons. The van der Waals surface area contributed by atoms with Crippen molar-refractivity contribution in [2.75, 3.05) is 25.0 Å². The zero-order valence-corrected chi connectivity index (χ0v) is 12.4. The largest absolute Gasteiger partial charge is 0.325 e. The van der Waals surface area contributed by atoms with E-state index in [0.29, 0.717) is 6.54 Å². The van der Waals surface area contributed by atoms with Gasteiger partial charge in [-0.1, -0.05) is 38.5 Å². The number of aryl methyl sites for hydroxylation is 1. The summed E-state index contributed by atoms with van der Waals surface area (Å²) in [6.45, 7) is 8.82. The lowest BCUT2D eigenvalue weighted by Crippen LogP contribution is -2.34. The number of amides is 1. The van der Waals surface area contributed by atoms with Crippen LogP contribution < -0.4 is 5.32 Å². The summed E-state index contributed by atoms with van der Waals surface area (Å²) in [6.07, 6.45) is 3.40. The van der Waals surface area contributed by atoms with Crippen LogP contribution in [0.15, 0.2) is 24.3 Å². The molecule has 0 aliphatic rings. The van der Waals surface area contributed by atoms with Crippen molar-refractivity contribution >= 4 is 11.6 Å². The molecule has 0 bridgehead atoms. The van der Waals surface area contributed by atoms with Gasteiger partial charge in [-0.15, -0.1) is 0 Å². The second-order valence-corrected chi connectivity index (χ2v) is 4.99. The van der Waals surface area contributed by atoms with Gasteiger partial charge in [0.25, 0.3) is 0 Å². The molecule has 0 aliphatic carbocycles. The highest BCUT2D eigenvalue weighted by atomic mass is 16.2. The van der Waals surface area contributed by atoms with E-state index >= 15 is 0 Å². The summed E-state index contributed by atoms with van der Waals surface area (Å²) in [6, 6.07) is 7.89. The van der Waals surface area contributed by atoms with Crippen LogP contribution in [0.3, 0.4) is 0 Å². The molecular weight excluding hydrogens is 236 g/mol. The summed E-state index contributed by atoms with van der Waals surface area (Å²) < 4.78 is 0. The maximum Gasteiger partial charge on any atom is 0.238 e. The van der Waals surface area contributed by atoms with Crippen molar-refractivity contribution in [1.82, 2.24) is 4.90 Å². The molecule has 0 saturated heterocycles. The van der Waals surface area contributed by atoms with E-state index in [-0.39, 0.29) is 5.91 Å². The minimum absolute atomic E-state index is 0.0823. The standard InChI is InChI=1S/C16H26N2O/c1-4-6-12-18(11-5-2)13-16(19)17-15-10-8-7-9-14(15)3/h7-10H,4-6,11-13H2,1-3H3,(H,17,19). The average Bonchev–Trinajstić information content (AvgIpc) is 2.39. The number of hydrogen-bond acceptors (Lipinski definition) is 2. The zero-order chi connectivity index (χ0) is 14.1. The quantitative estimate of drug-likeness (QED) is 0.778. The van der Waals surface area contributed by atoms with E-state index in [1.54, 1.807) is 0 Å². The Hall–Kier alpha value is -1.35. The average molecular weight is 262 g/mol. The van der Waals surface area contributed by atoms with Crippen LogP contribution in [-0.2, 0) is 4.79 Å². The number of nitrogens with one attached hydrogen (secondary N) is 1. The molecule has 1 aromatic rings. The summed E-state index contributed by atoms with van der Waals surface area (Å²) in [5, 5.41) is 2.99. The molecule has 106 valence electrons. The van der Waals surface area contributed by atoms with Crippen LogP contribution >= 0.6 is 0 Å². The number of para-hydroxylation sites is 1. The molecule has 0 saturated carbocycles. The van der Waals surface area contributed by atoms with Gasteiger partial charge in [0, 0.05) is 5.69 Å². The predicted octanol–water partition coefficient (Wildman–Crippen LogP) is 3.45. The third-order valence-corrected chi connectivity index (χ3v) is 3.15. The first-order valence-corrected chi connectivity index (χ1v) is 7.25.